The molecule has 184 valence electrons. The Hall–Kier alpha value is -4.15. The number of rotatable bonds is 6. The van der Waals surface area contributed by atoms with Gasteiger partial charge in [-0.1, -0.05) is 0 Å². The zero-order valence-corrected chi connectivity index (χ0v) is 18.6. The van der Waals surface area contributed by atoms with Crippen LogP contribution in [0, 0.1) is 6.92 Å². The summed E-state index contributed by atoms with van der Waals surface area (Å²) >= 11 is 0. The molecule has 35 heavy (non-hydrogen) atoms. The van der Waals surface area contributed by atoms with Gasteiger partial charge in [0.05, 0.1) is 18.2 Å². The fourth-order valence-electron chi connectivity index (χ4n) is 3.80. The number of aryl methyl sites for hydroxylation is 1. The molecule has 4 rings (SSSR count). The van der Waals surface area contributed by atoms with Crippen molar-refractivity contribution in [2.24, 2.45) is 0 Å². The van der Waals surface area contributed by atoms with Gasteiger partial charge in [-0.05, 0) is 48.9 Å². The molecule has 2 aromatic carbocycles. The number of methoxy groups -OCH3 is 1. The minimum atomic E-state index is -4.51. The van der Waals surface area contributed by atoms with E-state index in [-0.39, 0.29) is 36.0 Å². The van der Waals surface area contributed by atoms with Gasteiger partial charge in [-0.15, -0.1) is 0 Å². The van der Waals surface area contributed by atoms with Gasteiger partial charge in [0.1, 0.15) is 11.5 Å². The molecule has 0 radical (unpaired) electrons. The number of benzene rings is 2. The Morgan fingerprint density at radius 1 is 1.17 bits per heavy atom. The van der Waals surface area contributed by atoms with Crippen LogP contribution in [-0.2, 0) is 11.0 Å². The molecule has 0 saturated carbocycles. The number of hydrogen-bond acceptors (Lipinski definition) is 7. The van der Waals surface area contributed by atoms with Crippen LogP contribution in [-0.4, -0.2) is 24.9 Å². The number of anilines is 1. The minimum absolute atomic E-state index is 0.0495. The van der Waals surface area contributed by atoms with Crippen molar-refractivity contribution in [3.63, 3.8) is 0 Å². The predicted molar refractivity (Wildman–Crippen MR) is 117 cm³/mol. The molecule has 0 unspecified atom stereocenters. The second-order valence-corrected chi connectivity index (χ2v) is 7.78. The highest BCUT2D eigenvalue weighted by Gasteiger charge is 2.31. The van der Waals surface area contributed by atoms with Gasteiger partial charge in [-0.3, -0.25) is 4.79 Å². The average Bonchev–Trinajstić information content (AvgIpc) is 3.25. The lowest BCUT2D eigenvalue weighted by atomic mass is 9.88. The summed E-state index contributed by atoms with van der Waals surface area (Å²) in [5.74, 6) is -0.863. The largest absolute Gasteiger partial charge is 0.507 e. The second-order valence-electron chi connectivity index (χ2n) is 7.78. The van der Waals surface area contributed by atoms with Gasteiger partial charge in [0, 0.05) is 24.1 Å². The van der Waals surface area contributed by atoms with Crippen LogP contribution in [0.2, 0.25) is 0 Å². The summed E-state index contributed by atoms with van der Waals surface area (Å²) in [6.07, 6.45) is -4.87. The van der Waals surface area contributed by atoms with Crippen molar-refractivity contribution in [1.82, 2.24) is 0 Å². The van der Waals surface area contributed by atoms with Crippen LogP contribution >= 0.6 is 0 Å². The summed E-state index contributed by atoms with van der Waals surface area (Å²) in [6.45, 7) is 1.44. The first kappa shape index (κ1) is 24.0. The molecule has 0 bridgehead atoms. The summed E-state index contributed by atoms with van der Waals surface area (Å²) in [5, 5.41) is 13.1. The Kier molecular flexibility index (Phi) is 6.33. The molecule has 11 heteroatoms. The van der Waals surface area contributed by atoms with Gasteiger partial charge in [0.2, 0.25) is 18.4 Å². The number of carbonyl (C=O) groups excluding carboxylic acids is 1. The standard InChI is InChI=1S/C24H20F3NO7/c1-12-7-17(29)21(23(31)35-12)16(13-8-18(32-2)22-19(9-13)33-11-34-22)10-20(30)28-15-5-3-14(4-6-15)24(25,26)27/h3-9,16,29H,10-11H2,1-2H3,(H,28,30)/t16-/m0/s1. The van der Waals surface area contributed by atoms with Gasteiger partial charge in [-0.2, -0.15) is 13.2 Å². The highest BCUT2D eigenvalue weighted by atomic mass is 19.4. The maximum atomic E-state index is 12.9. The Bertz CT molecular complexity index is 1320. The molecule has 0 saturated heterocycles. The molecule has 3 aromatic rings. The lowest BCUT2D eigenvalue weighted by molar-refractivity contribution is -0.137. The van der Waals surface area contributed by atoms with E-state index in [0.29, 0.717) is 22.8 Å². The molecule has 0 fully saturated rings. The van der Waals surface area contributed by atoms with Crippen LogP contribution in [0.25, 0.3) is 0 Å². The van der Waals surface area contributed by atoms with E-state index >= 15 is 0 Å². The molecular weight excluding hydrogens is 471 g/mol. The summed E-state index contributed by atoms with van der Waals surface area (Å²) in [6, 6.07) is 8.28. The van der Waals surface area contributed by atoms with E-state index in [1.54, 1.807) is 12.1 Å². The number of hydrogen-bond donors (Lipinski definition) is 2. The van der Waals surface area contributed by atoms with Crippen molar-refractivity contribution in [3.05, 3.63) is 75.3 Å². The number of aromatic hydroxyl groups is 1. The van der Waals surface area contributed by atoms with Crippen LogP contribution in [0.15, 0.2) is 51.7 Å². The first-order valence-corrected chi connectivity index (χ1v) is 10.3. The topological polar surface area (TPSA) is 107 Å². The zero-order valence-electron chi connectivity index (χ0n) is 18.6. The Morgan fingerprint density at radius 2 is 1.89 bits per heavy atom. The molecule has 0 aliphatic carbocycles. The number of alkyl halides is 3. The molecule has 8 nitrogen and oxygen atoms in total. The first-order valence-electron chi connectivity index (χ1n) is 10.3. The van der Waals surface area contributed by atoms with Crippen molar-refractivity contribution in [2.45, 2.75) is 25.4 Å². The van der Waals surface area contributed by atoms with Crippen LogP contribution in [0.1, 0.15) is 34.8 Å². The van der Waals surface area contributed by atoms with E-state index < -0.39 is 29.2 Å². The number of ether oxygens (including phenoxy) is 3. The molecule has 1 aliphatic heterocycles. The average molecular weight is 491 g/mol. The number of nitrogens with one attached hydrogen (secondary N) is 1. The minimum Gasteiger partial charge on any atom is -0.507 e. The fourth-order valence-corrected chi connectivity index (χ4v) is 3.80. The normalized spacial score (nSPS) is 13.4. The Morgan fingerprint density at radius 3 is 2.51 bits per heavy atom. The summed E-state index contributed by atoms with van der Waals surface area (Å²) < 4.78 is 59.7. The Balaban J connectivity index is 1.70. The molecule has 1 aromatic heterocycles. The third kappa shape index (κ3) is 5.03. The SMILES string of the molecule is COc1cc([C@H](CC(=O)Nc2ccc(C(F)(F)F)cc2)c2c(O)cc(C)oc2=O)cc2c1OCO2. The number of halogens is 3. The third-order valence-corrected chi connectivity index (χ3v) is 5.41. The molecule has 1 atom stereocenters. The predicted octanol–water partition coefficient (Wildman–Crippen LogP) is 4.57. The van der Waals surface area contributed by atoms with E-state index in [9.17, 15) is 27.9 Å². The van der Waals surface area contributed by atoms with Crippen molar-refractivity contribution >= 4 is 11.6 Å². The zero-order chi connectivity index (χ0) is 25.3. The smallest absolute Gasteiger partial charge is 0.416 e. The summed E-state index contributed by atoms with van der Waals surface area (Å²) in [5.41, 5.74) is -1.35. The van der Waals surface area contributed by atoms with Crippen LogP contribution in [0.4, 0.5) is 18.9 Å². The van der Waals surface area contributed by atoms with Crippen molar-refractivity contribution in [2.75, 3.05) is 19.2 Å². The third-order valence-electron chi connectivity index (χ3n) is 5.41. The van der Waals surface area contributed by atoms with Gasteiger partial charge in [-0.25, -0.2) is 4.79 Å². The maximum absolute atomic E-state index is 12.9. The lowest BCUT2D eigenvalue weighted by Crippen LogP contribution is -2.21. The van der Waals surface area contributed by atoms with Crippen LogP contribution in [0.5, 0.6) is 23.0 Å². The molecule has 1 aliphatic rings. The lowest BCUT2D eigenvalue weighted by Gasteiger charge is -2.19. The first-order chi connectivity index (χ1) is 16.6. The van der Waals surface area contributed by atoms with E-state index in [1.165, 1.54) is 20.1 Å². The highest BCUT2D eigenvalue weighted by molar-refractivity contribution is 5.91. The van der Waals surface area contributed by atoms with Crippen molar-refractivity contribution < 1.29 is 41.7 Å². The quantitative estimate of drug-likeness (QED) is 0.520. The maximum Gasteiger partial charge on any atom is 0.416 e. The number of amides is 1. The molecule has 1 amide bonds. The van der Waals surface area contributed by atoms with E-state index in [0.717, 1.165) is 24.3 Å². The van der Waals surface area contributed by atoms with E-state index in [2.05, 4.69) is 5.32 Å². The van der Waals surface area contributed by atoms with Crippen LogP contribution in [0.3, 0.4) is 0 Å². The van der Waals surface area contributed by atoms with Crippen molar-refractivity contribution in [3.8, 4) is 23.0 Å². The monoisotopic (exact) mass is 491 g/mol. The highest BCUT2D eigenvalue weighted by Crippen LogP contribution is 2.45. The van der Waals surface area contributed by atoms with Gasteiger partial charge in [0.25, 0.3) is 0 Å². The second kappa shape index (κ2) is 9.24. The fraction of sp³-hybridized carbons (Fsp3) is 0.250. The molecule has 2 N–H and O–H groups in total. The summed E-state index contributed by atoms with van der Waals surface area (Å²) in [7, 11) is 1.41. The van der Waals surface area contributed by atoms with E-state index in [4.69, 9.17) is 18.6 Å². The molecular formula is C24H20F3NO7. The van der Waals surface area contributed by atoms with Gasteiger partial charge in [0.15, 0.2) is 11.5 Å². The number of carbonyl (C=O) groups is 1. The van der Waals surface area contributed by atoms with Crippen molar-refractivity contribution in [1.29, 1.82) is 0 Å². The Labute approximate surface area is 196 Å². The van der Waals surface area contributed by atoms with Crippen LogP contribution < -0.4 is 25.2 Å². The van der Waals surface area contributed by atoms with Gasteiger partial charge >= 0.3 is 11.8 Å². The van der Waals surface area contributed by atoms with E-state index in [1.807, 2.05) is 0 Å². The summed E-state index contributed by atoms with van der Waals surface area (Å²) in [4.78, 5) is 25.6. The molecule has 0 spiro atoms. The number of fused-ring (bicyclic) bond motifs is 1. The van der Waals surface area contributed by atoms with Gasteiger partial charge < -0.3 is 29.1 Å². The molecule has 2 heterocycles.